The van der Waals surface area contributed by atoms with Crippen molar-refractivity contribution in [3.63, 3.8) is 0 Å². The van der Waals surface area contributed by atoms with Crippen LogP contribution in [0.15, 0.2) is 22.9 Å². The predicted molar refractivity (Wildman–Crippen MR) is 50.2 cm³/mol. The second kappa shape index (κ2) is 3.55. The minimum Gasteiger partial charge on any atom is -0.334 e. The van der Waals surface area contributed by atoms with Crippen molar-refractivity contribution in [2.75, 3.05) is 0 Å². The van der Waals surface area contributed by atoms with Gasteiger partial charge in [-0.15, -0.1) is 0 Å². The number of nitrogens with zero attached hydrogens (tertiary/aromatic N) is 3. The fourth-order valence-electron chi connectivity index (χ4n) is 1.13. The summed E-state index contributed by atoms with van der Waals surface area (Å²) in [6, 6.07) is 3.70. The topological polar surface area (TPSA) is 77.8 Å². The Labute approximate surface area is 81.0 Å². The number of pyridine rings is 1. The van der Waals surface area contributed by atoms with Crippen LogP contribution in [0.2, 0.25) is 0 Å². The highest BCUT2D eigenvalue weighted by Crippen LogP contribution is 2.16. The van der Waals surface area contributed by atoms with E-state index in [1.807, 2.05) is 19.1 Å². The lowest BCUT2D eigenvalue weighted by molar-refractivity contribution is 0.422. The maximum absolute atomic E-state index is 5.37. The molecule has 0 fully saturated rings. The van der Waals surface area contributed by atoms with Crippen molar-refractivity contribution in [2.45, 2.75) is 13.5 Å². The van der Waals surface area contributed by atoms with Crippen LogP contribution in [-0.2, 0) is 6.54 Å². The molecule has 14 heavy (non-hydrogen) atoms. The van der Waals surface area contributed by atoms with Gasteiger partial charge in [-0.05, 0) is 19.1 Å². The first kappa shape index (κ1) is 8.83. The average Bonchev–Trinajstić information content (AvgIpc) is 2.66. The molecule has 0 amide bonds. The zero-order valence-electron chi connectivity index (χ0n) is 7.77. The van der Waals surface area contributed by atoms with E-state index in [9.17, 15) is 0 Å². The van der Waals surface area contributed by atoms with Crippen molar-refractivity contribution in [1.82, 2.24) is 15.1 Å². The second-order valence-electron chi connectivity index (χ2n) is 2.91. The monoisotopic (exact) mass is 190 g/mol. The first-order chi connectivity index (χ1) is 6.79. The zero-order valence-corrected chi connectivity index (χ0v) is 7.77. The van der Waals surface area contributed by atoms with Gasteiger partial charge in [-0.1, -0.05) is 5.16 Å². The van der Waals surface area contributed by atoms with Gasteiger partial charge < -0.3 is 10.3 Å². The lowest BCUT2D eigenvalue weighted by Gasteiger charge is -1.94. The highest BCUT2D eigenvalue weighted by molar-refractivity contribution is 5.52. The summed E-state index contributed by atoms with van der Waals surface area (Å²) in [7, 11) is 0. The summed E-state index contributed by atoms with van der Waals surface area (Å²) in [6.07, 6.45) is 1.71. The van der Waals surface area contributed by atoms with Gasteiger partial charge in [0, 0.05) is 17.5 Å². The van der Waals surface area contributed by atoms with Gasteiger partial charge in [0.1, 0.15) is 0 Å². The van der Waals surface area contributed by atoms with Crippen LogP contribution in [0.25, 0.3) is 11.5 Å². The van der Waals surface area contributed by atoms with E-state index in [1.54, 1.807) is 6.20 Å². The van der Waals surface area contributed by atoms with Crippen LogP contribution < -0.4 is 5.73 Å². The molecule has 2 aromatic rings. The number of nitrogens with two attached hydrogens (primary N) is 1. The van der Waals surface area contributed by atoms with Crippen molar-refractivity contribution in [3.05, 3.63) is 29.8 Å². The third kappa shape index (κ3) is 1.62. The molecule has 0 spiro atoms. The van der Waals surface area contributed by atoms with Crippen LogP contribution in [0, 0.1) is 6.92 Å². The predicted octanol–water partition coefficient (Wildman–Crippen LogP) is 0.899. The van der Waals surface area contributed by atoms with Gasteiger partial charge in [0.2, 0.25) is 0 Å². The molecule has 2 heterocycles. The molecular formula is C9H10N4O. The van der Waals surface area contributed by atoms with E-state index in [4.69, 9.17) is 10.3 Å². The van der Waals surface area contributed by atoms with E-state index in [-0.39, 0.29) is 6.54 Å². The Morgan fingerprint density at radius 3 is 3.00 bits per heavy atom. The van der Waals surface area contributed by atoms with Gasteiger partial charge in [-0.25, -0.2) is 0 Å². The van der Waals surface area contributed by atoms with Crippen LogP contribution in [0.4, 0.5) is 0 Å². The molecular weight excluding hydrogens is 180 g/mol. The van der Waals surface area contributed by atoms with E-state index in [1.165, 1.54) is 0 Å². The summed E-state index contributed by atoms with van der Waals surface area (Å²) < 4.78 is 5.03. The Bertz CT molecular complexity index is 438. The molecule has 5 heteroatoms. The molecule has 0 saturated heterocycles. The quantitative estimate of drug-likeness (QED) is 0.761. The molecule has 0 atom stereocenters. The Morgan fingerprint density at radius 1 is 1.50 bits per heavy atom. The smallest absolute Gasteiger partial charge is 0.258 e. The number of rotatable bonds is 2. The lowest BCUT2D eigenvalue weighted by atomic mass is 10.2. The average molecular weight is 190 g/mol. The highest BCUT2D eigenvalue weighted by atomic mass is 16.5. The fourth-order valence-corrected chi connectivity index (χ4v) is 1.13. The van der Waals surface area contributed by atoms with Crippen molar-refractivity contribution >= 4 is 0 Å². The second-order valence-corrected chi connectivity index (χ2v) is 2.91. The number of hydrogen-bond donors (Lipinski definition) is 1. The molecule has 0 unspecified atom stereocenters. The first-order valence-corrected chi connectivity index (χ1v) is 4.25. The van der Waals surface area contributed by atoms with Crippen molar-refractivity contribution < 1.29 is 4.52 Å². The Kier molecular flexibility index (Phi) is 2.24. The van der Waals surface area contributed by atoms with E-state index in [0.717, 1.165) is 11.3 Å². The van der Waals surface area contributed by atoms with Crippen LogP contribution in [-0.4, -0.2) is 15.1 Å². The molecule has 0 aliphatic heterocycles. The van der Waals surface area contributed by atoms with E-state index in [2.05, 4.69) is 15.1 Å². The normalized spacial score (nSPS) is 10.4. The van der Waals surface area contributed by atoms with E-state index in [0.29, 0.717) is 11.7 Å². The van der Waals surface area contributed by atoms with Gasteiger partial charge in [-0.3, -0.25) is 4.98 Å². The summed E-state index contributed by atoms with van der Waals surface area (Å²) >= 11 is 0. The SMILES string of the molecule is Cc1cc(-c2nc(CN)no2)ccn1. The summed E-state index contributed by atoms with van der Waals surface area (Å²) in [4.78, 5) is 8.19. The summed E-state index contributed by atoms with van der Waals surface area (Å²) in [5.74, 6) is 0.991. The van der Waals surface area contributed by atoms with Gasteiger partial charge in [-0.2, -0.15) is 4.98 Å². The largest absolute Gasteiger partial charge is 0.334 e. The molecule has 0 aliphatic rings. The molecule has 72 valence electrons. The van der Waals surface area contributed by atoms with Crippen LogP contribution in [0.1, 0.15) is 11.5 Å². The minimum atomic E-state index is 0.285. The Balaban J connectivity index is 2.39. The van der Waals surface area contributed by atoms with Crippen LogP contribution in [0.5, 0.6) is 0 Å². The number of aryl methyl sites for hydroxylation is 1. The van der Waals surface area contributed by atoms with E-state index >= 15 is 0 Å². The van der Waals surface area contributed by atoms with Gasteiger partial charge in [0.15, 0.2) is 5.82 Å². The van der Waals surface area contributed by atoms with Gasteiger partial charge in [0.25, 0.3) is 5.89 Å². The molecule has 5 nitrogen and oxygen atoms in total. The Morgan fingerprint density at radius 2 is 2.36 bits per heavy atom. The van der Waals surface area contributed by atoms with Gasteiger partial charge in [0.05, 0.1) is 6.54 Å². The summed E-state index contributed by atoms with van der Waals surface area (Å²) in [6.45, 7) is 2.19. The maximum atomic E-state index is 5.37. The molecule has 0 bridgehead atoms. The molecule has 0 aliphatic carbocycles. The Hall–Kier alpha value is -1.75. The molecule has 2 aromatic heterocycles. The summed E-state index contributed by atoms with van der Waals surface area (Å²) in [5.41, 5.74) is 7.15. The number of aromatic nitrogens is 3. The standard InChI is InChI=1S/C9H10N4O/c1-6-4-7(2-3-11-6)9-12-8(5-10)13-14-9/h2-4H,5,10H2,1H3. The summed E-state index contributed by atoms with van der Waals surface area (Å²) in [5, 5.41) is 3.71. The van der Waals surface area contributed by atoms with Crippen LogP contribution in [0.3, 0.4) is 0 Å². The fraction of sp³-hybridized carbons (Fsp3) is 0.222. The maximum Gasteiger partial charge on any atom is 0.258 e. The van der Waals surface area contributed by atoms with Gasteiger partial charge >= 0.3 is 0 Å². The molecule has 0 saturated carbocycles. The molecule has 2 rings (SSSR count). The molecule has 0 aromatic carbocycles. The molecule has 2 N–H and O–H groups in total. The van der Waals surface area contributed by atoms with Crippen LogP contribution >= 0.6 is 0 Å². The third-order valence-corrected chi connectivity index (χ3v) is 1.79. The third-order valence-electron chi connectivity index (χ3n) is 1.79. The van der Waals surface area contributed by atoms with E-state index < -0.39 is 0 Å². The first-order valence-electron chi connectivity index (χ1n) is 4.25. The van der Waals surface area contributed by atoms with Crippen molar-refractivity contribution in [2.24, 2.45) is 5.73 Å². The molecule has 0 radical (unpaired) electrons. The lowest BCUT2D eigenvalue weighted by Crippen LogP contribution is -1.97. The van der Waals surface area contributed by atoms with Crippen molar-refractivity contribution in [3.8, 4) is 11.5 Å². The number of hydrogen-bond acceptors (Lipinski definition) is 5. The highest BCUT2D eigenvalue weighted by Gasteiger charge is 2.07. The van der Waals surface area contributed by atoms with Crippen molar-refractivity contribution in [1.29, 1.82) is 0 Å². The minimum absolute atomic E-state index is 0.285. The zero-order chi connectivity index (χ0) is 9.97.